The van der Waals surface area contributed by atoms with Gasteiger partial charge in [-0.1, -0.05) is 84.9 Å². The van der Waals surface area contributed by atoms with E-state index >= 15 is 0 Å². The van der Waals surface area contributed by atoms with Crippen LogP contribution in [-0.4, -0.2) is 29.6 Å². The van der Waals surface area contributed by atoms with Crippen molar-refractivity contribution in [1.29, 1.82) is 0 Å². The molecular formula is C31H29NO3. The first-order valence-electron chi connectivity index (χ1n) is 12.3. The Kier molecular flexibility index (Phi) is 6.45. The Morgan fingerprint density at radius 2 is 1.66 bits per heavy atom. The number of esters is 1. The maximum atomic E-state index is 13.4. The fourth-order valence-corrected chi connectivity index (χ4v) is 5.10. The number of allylic oxidation sites excluding steroid dienone is 1. The SMILES string of the molecule is CCOC(=O)C1(N=C(c2ccccc2)c2ccccc2)C=CC(c2ccc3c(c2)CCCC3=O)C1. The number of carbonyl (C=O) groups excluding carboxylic acids is 2. The van der Waals surface area contributed by atoms with Gasteiger partial charge in [-0.3, -0.25) is 9.79 Å². The number of benzene rings is 3. The van der Waals surface area contributed by atoms with Gasteiger partial charge in [0.05, 0.1) is 12.3 Å². The highest BCUT2D eigenvalue weighted by Gasteiger charge is 2.44. The first-order chi connectivity index (χ1) is 17.1. The second-order valence-corrected chi connectivity index (χ2v) is 9.20. The van der Waals surface area contributed by atoms with Gasteiger partial charge in [0.15, 0.2) is 11.3 Å². The molecule has 5 rings (SSSR count). The summed E-state index contributed by atoms with van der Waals surface area (Å²) in [6.45, 7) is 2.11. The summed E-state index contributed by atoms with van der Waals surface area (Å²) in [7, 11) is 0. The van der Waals surface area contributed by atoms with Crippen LogP contribution in [0.2, 0.25) is 0 Å². The Labute approximate surface area is 206 Å². The van der Waals surface area contributed by atoms with E-state index in [1.165, 1.54) is 0 Å². The number of nitrogens with zero attached hydrogens (tertiary/aromatic N) is 1. The molecule has 0 radical (unpaired) electrons. The van der Waals surface area contributed by atoms with E-state index in [9.17, 15) is 9.59 Å². The van der Waals surface area contributed by atoms with Crippen LogP contribution in [0.5, 0.6) is 0 Å². The molecule has 0 N–H and O–H groups in total. The maximum absolute atomic E-state index is 13.4. The lowest BCUT2D eigenvalue weighted by Gasteiger charge is -2.25. The number of hydrogen-bond acceptors (Lipinski definition) is 4. The zero-order valence-corrected chi connectivity index (χ0v) is 19.9. The lowest BCUT2D eigenvalue weighted by atomic mass is 9.85. The molecule has 0 aliphatic heterocycles. The number of hydrogen-bond donors (Lipinski definition) is 0. The molecule has 176 valence electrons. The van der Waals surface area contributed by atoms with Gasteiger partial charge >= 0.3 is 5.97 Å². The minimum Gasteiger partial charge on any atom is -0.464 e. The van der Waals surface area contributed by atoms with E-state index in [2.05, 4.69) is 12.1 Å². The molecule has 35 heavy (non-hydrogen) atoms. The summed E-state index contributed by atoms with van der Waals surface area (Å²) in [4.78, 5) is 30.8. The van der Waals surface area contributed by atoms with Crippen LogP contribution in [-0.2, 0) is 16.0 Å². The number of ketones is 1. The zero-order chi connectivity index (χ0) is 24.3. The first kappa shape index (κ1) is 23.0. The number of rotatable bonds is 6. The largest absolute Gasteiger partial charge is 0.464 e. The van der Waals surface area contributed by atoms with Gasteiger partial charge in [-0.15, -0.1) is 0 Å². The van der Waals surface area contributed by atoms with Crippen molar-refractivity contribution in [2.45, 2.75) is 44.1 Å². The molecule has 0 heterocycles. The van der Waals surface area contributed by atoms with Crippen molar-refractivity contribution in [2.75, 3.05) is 6.61 Å². The Morgan fingerprint density at radius 1 is 0.971 bits per heavy atom. The summed E-state index contributed by atoms with van der Waals surface area (Å²) in [5.41, 5.74) is 4.61. The predicted molar refractivity (Wildman–Crippen MR) is 138 cm³/mol. The van der Waals surface area contributed by atoms with E-state index in [4.69, 9.17) is 9.73 Å². The third kappa shape index (κ3) is 4.61. The van der Waals surface area contributed by atoms with Gasteiger partial charge < -0.3 is 4.74 Å². The van der Waals surface area contributed by atoms with Crippen LogP contribution in [0.3, 0.4) is 0 Å². The van der Waals surface area contributed by atoms with E-state index in [0.717, 1.165) is 46.4 Å². The Bertz CT molecular complexity index is 1250. The van der Waals surface area contributed by atoms with Gasteiger partial charge in [-0.05, 0) is 43.4 Å². The highest BCUT2D eigenvalue weighted by Crippen LogP contribution is 2.40. The van der Waals surface area contributed by atoms with Crippen LogP contribution in [0.4, 0.5) is 0 Å². The molecule has 0 aromatic heterocycles. The monoisotopic (exact) mass is 463 g/mol. The maximum Gasteiger partial charge on any atom is 0.338 e. The number of aliphatic imine (C=N–C) groups is 1. The lowest BCUT2D eigenvalue weighted by Crippen LogP contribution is -2.36. The molecule has 3 aromatic carbocycles. The van der Waals surface area contributed by atoms with Gasteiger partial charge in [0.2, 0.25) is 0 Å². The van der Waals surface area contributed by atoms with Gasteiger partial charge in [0.1, 0.15) is 0 Å². The number of ether oxygens (including phenoxy) is 1. The molecular weight excluding hydrogens is 434 g/mol. The van der Waals surface area contributed by atoms with Crippen LogP contribution < -0.4 is 0 Å². The summed E-state index contributed by atoms with van der Waals surface area (Å²) in [6, 6.07) is 26.0. The van der Waals surface area contributed by atoms with E-state index in [1.54, 1.807) is 0 Å². The number of fused-ring (bicyclic) bond motifs is 1. The fourth-order valence-electron chi connectivity index (χ4n) is 5.10. The van der Waals surface area contributed by atoms with Crippen LogP contribution >= 0.6 is 0 Å². The molecule has 2 atom stereocenters. The zero-order valence-electron chi connectivity index (χ0n) is 19.9. The number of aryl methyl sites for hydroxylation is 1. The summed E-state index contributed by atoms with van der Waals surface area (Å²) < 4.78 is 5.55. The van der Waals surface area contributed by atoms with Crippen LogP contribution in [0, 0.1) is 0 Å². The third-order valence-corrected chi connectivity index (χ3v) is 6.88. The molecule has 0 saturated carbocycles. The average Bonchev–Trinajstić information content (AvgIpc) is 3.34. The Hall–Kier alpha value is -3.79. The van der Waals surface area contributed by atoms with Crippen LogP contribution in [0.25, 0.3) is 0 Å². The topological polar surface area (TPSA) is 55.7 Å². The van der Waals surface area contributed by atoms with Crippen molar-refractivity contribution in [3.63, 3.8) is 0 Å². The van der Waals surface area contributed by atoms with Gasteiger partial charge in [0, 0.05) is 29.0 Å². The normalized spacial score (nSPS) is 20.8. The van der Waals surface area contributed by atoms with Crippen LogP contribution in [0.1, 0.15) is 64.7 Å². The molecule has 4 heteroatoms. The highest BCUT2D eigenvalue weighted by atomic mass is 16.5. The molecule has 0 amide bonds. The molecule has 0 saturated heterocycles. The Morgan fingerprint density at radius 3 is 2.31 bits per heavy atom. The number of Topliss-reactive ketones (excluding diaryl/α,β-unsaturated/α-hetero) is 1. The van der Waals surface area contributed by atoms with Gasteiger partial charge in [0.25, 0.3) is 0 Å². The first-order valence-corrected chi connectivity index (χ1v) is 12.3. The quantitative estimate of drug-likeness (QED) is 0.253. The highest BCUT2D eigenvalue weighted by molar-refractivity contribution is 6.14. The second kappa shape index (κ2) is 9.83. The summed E-state index contributed by atoms with van der Waals surface area (Å²) in [5, 5.41) is 0. The molecule has 0 fully saturated rings. The molecule has 0 bridgehead atoms. The molecule has 2 unspecified atom stereocenters. The van der Waals surface area contributed by atoms with Crippen molar-refractivity contribution in [3.05, 3.63) is 119 Å². The lowest BCUT2D eigenvalue weighted by molar-refractivity contribution is -0.147. The van der Waals surface area contributed by atoms with E-state index in [0.29, 0.717) is 19.4 Å². The van der Waals surface area contributed by atoms with Crippen LogP contribution in [0.15, 0.2) is 96.0 Å². The van der Waals surface area contributed by atoms with Crippen molar-refractivity contribution in [3.8, 4) is 0 Å². The minimum absolute atomic E-state index is 0.0123. The summed E-state index contributed by atoms with van der Waals surface area (Å²) >= 11 is 0. The average molecular weight is 464 g/mol. The fraction of sp³-hybridized carbons (Fsp3) is 0.258. The number of carbonyl (C=O) groups is 2. The second-order valence-electron chi connectivity index (χ2n) is 9.20. The predicted octanol–water partition coefficient (Wildman–Crippen LogP) is 6.09. The molecule has 3 aromatic rings. The van der Waals surface area contributed by atoms with E-state index in [1.807, 2.05) is 85.8 Å². The summed E-state index contributed by atoms with van der Waals surface area (Å²) in [5.74, 6) is -0.102. The Balaban J connectivity index is 1.56. The van der Waals surface area contributed by atoms with Crippen molar-refractivity contribution in [1.82, 2.24) is 0 Å². The van der Waals surface area contributed by atoms with Crippen molar-refractivity contribution >= 4 is 17.5 Å². The minimum atomic E-state index is -1.12. The van der Waals surface area contributed by atoms with E-state index in [-0.39, 0.29) is 17.7 Å². The van der Waals surface area contributed by atoms with Gasteiger partial charge in [-0.2, -0.15) is 0 Å². The smallest absolute Gasteiger partial charge is 0.338 e. The molecule has 0 spiro atoms. The van der Waals surface area contributed by atoms with Crippen molar-refractivity contribution < 1.29 is 14.3 Å². The van der Waals surface area contributed by atoms with E-state index < -0.39 is 5.54 Å². The molecule has 2 aliphatic carbocycles. The van der Waals surface area contributed by atoms with Gasteiger partial charge in [-0.25, -0.2) is 4.79 Å². The summed E-state index contributed by atoms with van der Waals surface area (Å²) in [6.07, 6.45) is 6.90. The van der Waals surface area contributed by atoms with Crippen molar-refractivity contribution in [2.24, 2.45) is 4.99 Å². The molecule has 2 aliphatic rings. The molecule has 4 nitrogen and oxygen atoms in total. The third-order valence-electron chi connectivity index (χ3n) is 6.88. The standard InChI is InChI=1S/C31H29NO3/c1-2-35-30(34)31(32-29(22-10-5-3-6-11-22)23-12-7-4-8-13-23)19-18-26(21-31)24-16-17-27-25(20-24)14-9-15-28(27)33/h3-8,10-13,16-20,26H,2,9,14-15,21H2,1H3.